The van der Waals surface area contributed by atoms with Gasteiger partial charge in [0.05, 0.1) is 4.92 Å². The molecule has 1 atom stereocenters. The van der Waals surface area contributed by atoms with Crippen LogP contribution in [0.4, 0.5) is 11.4 Å². The minimum Gasteiger partial charge on any atom is -0.480 e. The van der Waals surface area contributed by atoms with Gasteiger partial charge < -0.3 is 15.7 Å². The van der Waals surface area contributed by atoms with Gasteiger partial charge in [0.15, 0.2) is 0 Å². The molecule has 0 saturated heterocycles. The Morgan fingerprint density at radius 3 is 2.53 bits per heavy atom. The Kier molecular flexibility index (Phi) is 4.41. The van der Waals surface area contributed by atoms with Gasteiger partial charge in [0.1, 0.15) is 11.7 Å². The molecule has 0 spiro atoms. The summed E-state index contributed by atoms with van der Waals surface area (Å²) < 4.78 is 0. The third-order valence-corrected chi connectivity index (χ3v) is 2.43. The van der Waals surface area contributed by atoms with Crippen molar-refractivity contribution in [1.29, 1.82) is 0 Å². The van der Waals surface area contributed by atoms with E-state index in [1.807, 2.05) is 0 Å². The first-order chi connectivity index (χ1) is 8.86. The molecule has 0 aliphatic carbocycles. The van der Waals surface area contributed by atoms with Crippen LogP contribution in [0.15, 0.2) is 18.2 Å². The van der Waals surface area contributed by atoms with E-state index in [9.17, 15) is 19.7 Å². The number of carbonyl (C=O) groups is 2. The summed E-state index contributed by atoms with van der Waals surface area (Å²) in [5.41, 5.74) is -0.176. The number of hydrogen-bond acceptors (Lipinski definition) is 5. The lowest BCUT2D eigenvalue weighted by atomic mass is 10.1. The van der Waals surface area contributed by atoms with Crippen LogP contribution in [-0.4, -0.2) is 35.0 Å². The Morgan fingerprint density at radius 1 is 1.42 bits per heavy atom. The highest BCUT2D eigenvalue weighted by Gasteiger charge is 2.20. The van der Waals surface area contributed by atoms with Crippen molar-refractivity contribution in [3.05, 3.63) is 33.9 Å². The second-order valence-electron chi connectivity index (χ2n) is 3.77. The average molecular weight is 267 g/mol. The molecule has 0 fully saturated rings. The number of carbonyl (C=O) groups excluding carboxylic acids is 1. The van der Waals surface area contributed by atoms with E-state index >= 15 is 0 Å². The van der Waals surface area contributed by atoms with Gasteiger partial charge in [0, 0.05) is 18.7 Å². The fourth-order valence-corrected chi connectivity index (χ4v) is 1.39. The number of nitrogens with one attached hydrogen (secondary N) is 2. The maximum absolute atomic E-state index is 11.4. The molecule has 0 bridgehead atoms. The zero-order valence-corrected chi connectivity index (χ0v) is 10.3. The van der Waals surface area contributed by atoms with Crippen LogP contribution in [0.1, 0.15) is 17.3 Å². The van der Waals surface area contributed by atoms with E-state index in [0.717, 1.165) is 6.07 Å². The molecule has 0 saturated carbocycles. The predicted molar refractivity (Wildman–Crippen MR) is 67.2 cm³/mol. The quantitative estimate of drug-likeness (QED) is 0.536. The van der Waals surface area contributed by atoms with Crippen molar-refractivity contribution in [3.63, 3.8) is 0 Å². The molecule has 0 aliphatic heterocycles. The molecule has 3 N–H and O–H groups in total. The van der Waals surface area contributed by atoms with Crippen LogP contribution in [0.3, 0.4) is 0 Å². The van der Waals surface area contributed by atoms with E-state index in [0.29, 0.717) is 0 Å². The molecule has 0 radical (unpaired) electrons. The Labute approximate surface area is 108 Å². The van der Waals surface area contributed by atoms with E-state index < -0.39 is 22.8 Å². The number of hydrogen-bond donors (Lipinski definition) is 3. The molecule has 19 heavy (non-hydrogen) atoms. The first-order valence-corrected chi connectivity index (χ1v) is 5.36. The lowest BCUT2D eigenvalue weighted by molar-refractivity contribution is -0.384. The van der Waals surface area contributed by atoms with Crippen LogP contribution in [0, 0.1) is 10.1 Å². The fourth-order valence-electron chi connectivity index (χ4n) is 1.39. The van der Waals surface area contributed by atoms with Gasteiger partial charge in [0.2, 0.25) is 0 Å². The first kappa shape index (κ1) is 14.4. The monoisotopic (exact) mass is 267 g/mol. The first-order valence-electron chi connectivity index (χ1n) is 5.36. The third kappa shape index (κ3) is 3.41. The summed E-state index contributed by atoms with van der Waals surface area (Å²) in [7, 11) is 1.41. The number of carboxylic acids is 1. The number of anilines is 1. The summed E-state index contributed by atoms with van der Waals surface area (Å²) in [5, 5.41) is 24.5. The van der Waals surface area contributed by atoms with E-state index in [1.165, 1.54) is 26.1 Å². The molecule has 1 rings (SSSR count). The second-order valence-corrected chi connectivity index (χ2v) is 3.77. The number of nitrogens with zero attached hydrogens (tertiary/aromatic N) is 1. The molecule has 1 aromatic carbocycles. The van der Waals surface area contributed by atoms with E-state index in [2.05, 4.69) is 10.6 Å². The molecule has 0 unspecified atom stereocenters. The van der Waals surface area contributed by atoms with Crippen LogP contribution in [0.2, 0.25) is 0 Å². The highest BCUT2D eigenvalue weighted by atomic mass is 16.6. The summed E-state index contributed by atoms with van der Waals surface area (Å²) in [4.78, 5) is 32.3. The van der Waals surface area contributed by atoms with Crippen molar-refractivity contribution in [2.24, 2.45) is 0 Å². The molecular formula is C11H13N3O5. The Bertz CT molecular complexity index is 529. The third-order valence-electron chi connectivity index (χ3n) is 2.43. The van der Waals surface area contributed by atoms with E-state index in [-0.39, 0.29) is 16.9 Å². The zero-order valence-electron chi connectivity index (χ0n) is 10.3. The van der Waals surface area contributed by atoms with Crippen molar-refractivity contribution in [1.82, 2.24) is 5.32 Å². The van der Waals surface area contributed by atoms with Crippen molar-refractivity contribution >= 4 is 23.3 Å². The summed E-state index contributed by atoms with van der Waals surface area (Å²) >= 11 is 0. The van der Waals surface area contributed by atoms with Crippen molar-refractivity contribution in [3.8, 4) is 0 Å². The summed E-state index contributed by atoms with van der Waals surface area (Å²) in [5.74, 6) is -1.59. The minimum absolute atomic E-state index is 0.0487. The molecular weight excluding hydrogens is 254 g/mol. The molecule has 1 amide bonds. The molecule has 8 heteroatoms. The molecule has 1 aromatic rings. The van der Waals surface area contributed by atoms with Gasteiger partial charge in [0.25, 0.3) is 11.6 Å². The SMILES string of the molecule is CNC(=O)c1ccc(N[C@H](C)C(=O)O)c([N+](=O)[O-])c1. The van der Waals surface area contributed by atoms with Crippen molar-refractivity contribution in [2.45, 2.75) is 13.0 Å². The highest BCUT2D eigenvalue weighted by molar-refractivity contribution is 5.95. The van der Waals surface area contributed by atoms with Crippen LogP contribution in [-0.2, 0) is 4.79 Å². The second kappa shape index (κ2) is 5.80. The molecule has 0 aliphatic rings. The Morgan fingerprint density at radius 2 is 2.05 bits per heavy atom. The number of nitro benzene ring substituents is 1. The number of nitro groups is 1. The zero-order chi connectivity index (χ0) is 14.6. The molecule has 102 valence electrons. The van der Waals surface area contributed by atoms with Crippen LogP contribution >= 0.6 is 0 Å². The topological polar surface area (TPSA) is 122 Å². The standard InChI is InChI=1S/C11H13N3O5/c1-6(11(16)17)13-8-4-3-7(10(15)12-2)5-9(8)14(18)19/h3-6,13H,1-2H3,(H,12,15)(H,16,17)/t6-/m1/s1. The average Bonchev–Trinajstić information content (AvgIpc) is 2.37. The normalized spacial score (nSPS) is 11.5. The smallest absolute Gasteiger partial charge is 0.325 e. The highest BCUT2D eigenvalue weighted by Crippen LogP contribution is 2.26. The van der Waals surface area contributed by atoms with Gasteiger partial charge in [-0.05, 0) is 19.1 Å². The van der Waals surface area contributed by atoms with Crippen LogP contribution in [0.25, 0.3) is 0 Å². The van der Waals surface area contributed by atoms with Crippen LogP contribution < -0.4 is 10.6 Å². The Balaban J connectivity index is 3.15. The van der Waals surface area contributed by atoms with Crippen LogP contribution in [0.5, 0.6) is 0 Å². The number of benzene rings is 1. The summed E-state index contributed by atoms with van der Waals surface area (Å²) in [6.07, 6.45) is 0. The van der Waals surface area contributed by atoms with Crippen molar-refractivity contribution in [2.75, 3.05) is 12.4 Å². The molecule has 0 aromatic heterocycles. The van der Waals surface area contributed by atoms with Gasteiger partial charge in [-0.15, -0.1) is 0 Å². The van der Waals surface area contributed by atoms with Crippen molar-refractivity contribution < 1.29 is 19.6 Å². The number of aliphatic carboxylic acids is 1. The largest absolute Gasteiger partial charge is 0.480 e. The van der Waals surface area contributed by atoms with E-state index in [1.54, 1.807) is 0 Å². The van der Waals surface area contributed by atoms with Gasteiger partial charge in [-0.1, -0.05) is 0 Å². The molecule has 0 heterocycles. The summed E-state index contributed by atoms with van der Waals surface area (Å²) in [6, 6.07) is 2.80. The van der Waals surface area contributed by atoms with Gasteiger partial charge in [-0.3, -0.25) is 19.7 Å². The predicted octanol–water partition coefficient (Wildman–Crippen LogP) is 0.839. The number of rotatable bonds is 5. The number of amides is 1. The summed E-state index contributed by atoms with van der Waals surface area (Å²) in [6.45, 7) is 1.36. The Hall–Kier alpha value is -2.64. The van der Waals surface area contributed by atoms with E-state index in [4.69, 9.17) is 5.11 Å². The molecule has 8 nitrogen and oxygen atoms in total. The van der Waals surface area contributed by atoms with Gasteiger partial charge >= 0.3 is 5.97 Å². The fraction of sp³-hybridized carbons (Fsp3) is 0.273. The minimum atomic E-state index is -1.13. The van der Waals surface area contributed by atoms with Gasteiger partial charge in [-0.2, -0.15) is 0 Å². The maximum atomic E-state index is 11.4. The lowest BCUT2D eigenvalue weighted by Crippen LogP contribution is -2.26. The number of carboxylic acid groups (broad SMARTS) is 1. The lowest BCUT2D eigenvalue weighted by Gasteiger charge is -2.11. The maximum Gasteiger partial charge on any atom is 0.325 e. The van der Waals surface area contributed by atoms with Gasteiger partial charge in [-0.25, -0.2) is 0 Å².